The number of ether oxygens (including phenoxy) is 1. The van der Waals surface area contributed by atoms with Gasteiger partial charge in [0.25, 0.3) is 5.69 Å². The van der Waals surface area contributed by atoms with Crippen LogP contribution in [0.15, 0.2) is 18.3 Å². The number of hydrogen-bond acceptors (Lipinski definition) is 6. The zero-order chi connectivity index (χ0) is 16.2. The zero-order valence-electron chi connectivity index (χ0n) is 12.9. The highest BCUT2D eigenvalue weighted by Gasteiger charge is 2.05. The van der Waals surface area contributed by atoms with Gasteiger partial charge >= 0.3 is 5.97 Å². The third kappa shape index (κ3) is 7.56. The number of nitrogens with zero attached hydrogens (tertiary/aromatic N) is 2. The molecule has 1 aromatic heterocycles. The van der Waals surface area contributed by atoms with E-state index in [1.54, 1.807) is 6.07 Å². The summed E-state index contributed by atoms with van der Waals surface area (Å²) in [5.41, 5.74) is -0.0393. The van der Waals surface area contributed by atoms with Crippen molar-refractivity contribution >= 4 is 17.5 Å². The van der Waals surface area contributed by atoms with Crippen LogP contribution in [0.5, 0.6) is 0 Å². The van der Waals surface area contributed by atoms with Crippen LogP contribution < -0.4 is 5.32 Å². The average molecular weight is 309 g/mol. The number of esters is 1. The van der Waals surface area contributed by atoms with Gasteiger partial charge in [-0.1, -0.05) is 26.2 Å². The maximum absolute atomic E-state index is 11.4. The number of nitrogens with one attached hydrogen (secondary N) is 1. The van der Waals surface area contributed by atoms with E-state index in [2.05, 4.69) is 17.2 Å². The summed E-state index contributed by atoms with van der Waals surface area (Å²) >= 11 is 0. The van der Waals surface area contributed by atoms with Gasteiger partial charge in [0.05, 0.1) is 11.5 Å². The van der Waals surface area contributed by atoms with Crippen molar-refractivity contribution in [1.82, 2.24) is 4.98 Å². The lowest BCUT2D eigenvalue weighted by molar-refractivity contribution is -0.385. The van der Waals surface area contributed by atoms with Crippen LogP contribution >= 0.6 is 0 Å². The molecule has 0 radical (unpaired) electrons. The smallest absolute Gasteiger partial charge is 0.305 e. The Morgan fingerprint density at radius 3 is 2.77 bits per heavy atom. The van der Waals surface area contributed by atoms with Gasteiger partial charge in [0.15, 0.2) is 0 Å². The van der Waals surface area contributed by atoms with Crippen LogP contribution in [0.25, 0.3) is 0 Å². The Hall–Kier alpha value is -2.18. The van der Waals surface area contributed by atoms with Crippen molar-refractivity contribution < 1.29 is 14.5 Å². The van der Waals surface area contributed by atoms with Gasteiger partial charge in [-0.3, -0.25) is 14.9 Å². The number of pyridine rings is 1. The Morgan fingerprint density at radius 2 is 2.14 bits per heavy atom. The van der Waals surface area contributed by atoms with Gasteiger partial charge in [-0.05, 0) is 18.9 Å². The third-order valence-electron chi connectivity index (χ3n) is 3.08. The first kappa shape index (κ1) is 17.9. The number of nitro groups is 1. The summed E-state index contributed by atoms with van der Waals surface area (Å²) < 4.78 is 5.12. The van der Waals surface area contributed by atoms with Crippen molar-refractivity contribution in [1.29, 1.82) is 0 Å². The van der Waals surface area contributed by atoms with Crippen molar-refractivity contribution in [3.63, 3.8) is 0 Å². The number of carbonyl (C=O) groups is 1. The summed E-state index contributed by atoms with van der Waals surface area (Å²) in [6.45, 7) is 3.09. The van der Waals surface area contributed by atoms with Crippen LogP contribution in [0.4, 0.5) is 11.5 Å². The van der Waals surface area contributed by atoms with Crippen LogP contribution in [-0.2, 0) is 9.53 Å². The first-order chi connectivity index (χ1) is 10.6. The molecule has 0 spiro atoms. The molecule has 1 heterocycles. The molecular weight excluding hydrogens is 286 g/mol. The van der Waals surface area contributed by atoms with Gasteiger partial charge < -0.3 is 10.1 Å². The summed E-state index contributed by atoms with van der Waals surface area (Å²) in [6.07, 6.45) is 6.61. The fourth-order valence-electron chi connectivity index (χ4n) is 1.84. The van der Waals surface area contributed by atoms with Gasteiger partial charge in [0.2, 0.25) is 0 Å². The minimum Gasteiger partial charge on any atom is -0.466 e. The Balaban J connectivity index is 2.07. The van der Waals surface area contributed by atoms with E-state index in [-0.39, 0.29) is 11.7 Å². The van der Waals surface area contributed by atoms with Crippen molar-refractivity contribution in [2.24, 2.45) is 0 Å². The molecule has 7 heteroatoms. The molecule has 0 bridgehead atoms. The second kappa shape index (κ2) is 10.5. The molecule has 0 amide bonds. The summed E-state index contributed by atoms with van der Waals surface area (Å²) in [5.74, 6) is 0.418. The fourth-order valence-corrected chi connectivity index (χ4v) is 1.84. The van der Waals surface area contributed by atoms with E-state index in [1.165, 1.54) is 12.3 Å². The number of aromatic nitrogens is 1. The van der Waals surface area contributed by atoms with Gasteiger partial charge in [-0.15, -0.1) is 0 Å². The molecular formula is C15H23N3O4. The molecule has 0 aliphatic rings. The number of anilines is 1. The monoisotopic (exact) mass is 309 g/mol. The normalized spacial score (nSPS) is 10.2. The van der Waals surface area contributed by atoms with E-state index in [0.717, 1.165) is 25.7 Å². The number of rotatable bonds is 11. The predicted octanol–water partition coefficient (Wildman–Crippen LogP) is 3.31. The quantitative estimate of drug-likeness (QED) is 0.292. The van der Waals surface area contributed by atoms with Crippen molar-refractivity contribution in [3.05, 3.63) is 28.4 Å². The fraction of sp³-hybridized carbons (Fsp3) is 0.600. The van der Waals surface area contributed by atoms with E-state index < -0.39 is 4.92 Å². The third-order valence-corrected chi connectivity index (χ3v) is 3.08. The SMILES string of the molecule is CCCCCCC(=O)OCCCNc1ccc([N+](=O)[O-])cn1. The van der Waals surface area contributed by atoms with E-state index >= 15 is 0 Å². The highest BCUT2D eigenvalue weighted by Crippen LogP contribution is 2.11. The molecule has 0 fully saturated rings. The molecule has 0 aromatic carbocycles. The molecule has 122 valence electrons. The number of carbonyl (C=O) groups excluding carboxylic acids is 1. The molecule has 1 N–H and O–H groups in total. The van der Waals surface area contributed by atoms with Crippen LogP contribution in [0.3, 0.4) is 0 Å². The van der Waals surface area contributed by atoms with E-state index in [9.17, 15) is 14.9 Å². The van der Waals surface area contributed by atoms with Crippen LogP contribution in [-0.4, -0.2) is 29.0 Å². The van der Waals surface area contributed by atoms with Gasteiger partial charge in [-0.25, -0.2) is 4.98 Å². The average Bonchev–Trinajstić information content (AvgIpc) is 2.51. The lowest BCUT2D eigenvalue weighted by Crippen LogP contribution is -2.10. The number of hydrogen-bond donors (Lipinski definition) is 1. The van der Waals surface area contributed by atoms with Gasteiger partial charge in [-0.2, -0.15) is 0 Å². The molecule has 0 aliphatic carbocycles. The largest absolute Gasteiger partial charge is 0.466 e. The van der Waals surface area contributed by atoms with E-state index in [4.69, 9.17) is 4.74 Å². The van der Waals surface area contributed by atoms with Gasteiger partial charge in [0.1, 0.15) is 12.0 Å². The highest BCUT2D eigenvalue weighted by atomic mass is 16.6. The molecule has 7 nitrogen and oxygen atoms in total. The summed E-state index contributed by atoms with van der Waals surface area (Å²) in [4.78, 5) is 25.3. The Bertz CT molecular complexity index is 462. The maximum Gasteiger partial charge on any atom is 0.305 e. The second-order valence-electron chi connectivity index (χ2n) is 4.97. The minimum absolute atomic E-state index is 0.0393. The first-order valence-electron chi connectivity index (χ1n) is 7.63. The van der Waals surface area contributed by atoms with Crippen molar-refractivity contribution in [2.75, 3.05) is 18.5 Å². The van der Waals surface area contributed by atoms with E-state index in [1.807, 2.05) is 0 Å². The second-order valence-corrected chi connectivity index (χ2v) is 4.97. The topological polar surface area (TPSA) is 94.4 Å². The molecule has 0 saturated carbocycles. The van der Waals surface area contributed by atoms with Crippen LogP contribution in [0.1, 0.15) is 45.4 Å². The van der Waals surface area contributed by atoms with Crippen LogP contribution in [0.2, 0.25) is 0 Å². The standard InChI is InChI=1S/C15H23N3O4/c1-2-3-4-5-7-15(19)22-11-6-10-16-14-9-8-13(12-17-14)18(20)21/h8-9,12H,2-7,10-11H2,1H3,(H,16,17). The van der Waals surface area contributed by atoms with Crippen molar-refractivity contribution in [2.45, 2.75) is 45.4 Å². The predicted molar refractivity (Wildman–Crippen MR) is 83.7 cm³/mol. The van der Waals surface area contributed by atoms with Crippen LogP contribution in [0, 0.1) is 10.1 Å². The number of unbranched alkanes of at least 4 members (excludes halogenated alkanes) is 3. The molecule has 0 saturated heterocycles. The molecule has 0 atom stereocenters. The molecule has 22 heavy (non-hydrogen) atoms. The summed E-state index contributed by atoms with van der Waals surface area (Å²) in [7, 11) is 0. The Morgan fingerprint density at radius 1 is 1.32 bits per heavy atom. The molecule has 1 aromatic rings. The summed E-state index contributed by atoms with van der Waals surface area (Å²) in [6, 6.07) is 2.95. The highest BCUT2D eigenvalue weighted by molar-refractivity contribution is 5.69. The van der Waals surface area contributed by atoms with Crippen molar-refractivity contribution in [3.8, 4) is 0 Å². The first-order valence-corrected chi connectivity index (χ1v) is 7.63. The molecule has 1 rings (SSSR count). The minimum atomic E-state index is -0.489. The Kier molecular flexibility index (Phi) is 8.56. The van der Waals surface area contributed by atoms with E-state index in [0.29, 0.717) is 31.8 Å². The summed E-state index contributed by atoms with van der Waals surface area (Å²) in [5, 5.41) is 13.5. The molecule has 0 aliphatic heterocycles. The zero-order valence-corrected chi connectivity index (χ0v) is 12.9. The lowest BCUT2D eigenvalue weighted by Gasteiger charge is -2.06. The van der Waals surface area contributed by atoms with Gasteiger partial charge in [0, 0.05) is 19.0 Å². The maximum atomic E-state index is 11.4. The molecule has 0 unspecified atom stereocenters. The Labute approximate surface area is 130 Å². The lowest BCUT2D eigenvalue weighted by atomic mass is 10.2.